The van der Waals surface area contributed by atoms with E-state index in [4.69, 9.17) is 9.47 Å². The molecule has 0 atom stereocenters. The number of ether oxygens (including phenoxy) is 2. The summed E-state index contributed by atoms with van der Waals surface area (Å²) in [7, 11) is 0. The molecule has 2 N–H and O–H groups in total. The van der Waals surface area contributed by atoms with Gasteiger partial charge in [0.05, 0.1) is 0 Å². The summed E-state index contributed by atoms with van der Waals surface area (Å²) in [6.45, 7) is 3.12. The number of amides is 1. The lowest BCUT2D eigenvalue weighted by molar-refractivity contribution is -0.144. The first-order chi connectivity index (χ1) is 14.0. The third kappa shape index (κ3) is 4.82. The molecule has 0 aromatic heterocycles. The van der Waals surface area contributed by atoms with Crippen LogP contribution in [-0.2, 0) is 30.3 Å². The van der Waals surface area contributed by atoms with Gasteiger partial charge in [-0.05, 0) is 36.6 Å². The van der Waals surface area contributed by atoms with E-state index in [-0.39, 0.29) is 18.1 Å². The molecule has 7 nitrogen and oxygen atoms in total. The summed E-state index contributed by atoms with van der Waals surface area (Å²) in [5, 5.41) is 5.66. The van der Waals surface area contributed by atoms with Crippen molar-refractivity contribution in [1.82, 2.24) is 0 Å². The second kappa shape index (κ2) is 9.05. The van der Waals surface area contributed by atoms with E-state index in [1.807, 2.05) is 38.1 Å². The van der Waals surface area contributed by atoms with Gasteiger partial charge in [0.15, 0.2) is 18.8 Å². The number of nitrogens with one attached hydrogen (secondary N) is 2. The number of rotatable bonds is 7. The van der Waals surface area contributed by atoms with Crippen LogP contribution in [0.25, 0.3) is 0 Å². The molecule has 1 aliphatic heterocycles. The Morgan fingerprint density at radius 2 is 1.86 bits per heavy atom. The number of Topliss-reactive ketones (excluding diaryl/α,β-unsaturated/α-hetero) is 1. The number of carbonyl (C=O) groups is 3. The molecule has 0 spiro atoms. The highest BCUT2D eigenvalue weighted by Crippen LogP contribution is 2.22. The summed E-state index contributed by atoms with van der Waals surface area (Å²) in [6, 6.07) is 14.7. The Balaban J connectivity index is 1.65. The number of anilines is 2. The summed E-state index contributed by atoms with van der Waals surface area (Å²) < 4.78 is 10.3. The molecule has 2 aromatic carbocycles. The third-order valence-corrected chi connectivity index (χ3v) is 4.43. The maximum Gasteiger partial charge on any atom is 0.347 e. The van der Waals surface area contributed by atoms with Gasteiger partial charge in [0.2, 0.25) is 11.7 Å². The first-order valence-corrected chi connectivity index (χ1v) is 9.27. The summed E-state index contributed by atoms with van der Waals surface area (Å²) in [5.41, 5.74) is 3.04. The van der Waals surface area contributed by atoms with Crippen molar-refractivity contribution in [2.75, 3.05) is 23.8 Å². The van der Waals surface area contributed by atoms with Gasteiger partial charge < -0.3 is 20.1 Å². The molecule has 0 aliphatic carbocycles. The minimum Gasteiger partial charge on any atom is -0.470 e. The van der Waals surface area contributed by atoms with Gasteiger partial charge >= 0.3 is 5.97 Å². The molecular weight excluding hydrogens is 372 g/mol. The number of benzene rings is 2. The largest absolute Gasteiger partial charge is 0.470 e. The van der Waals surface area contributed by atoms with Gasteiger partial charge in [-0.3, -0.25) is 9.59 Å². The van der Waals surface area contributed by atoms with Crippen molar-refractivity contribution in [3.63, 3.8) is 0 Å². The summed E-state index contributed by atoms with van der Waals surface area (Å²) in [4.78, 5) is 36.7. The molecule has 0 saturated heterocycles. The van der Waals surface area contributed by atoms with Crippen molar-refractivity contribution in [2.45, 2.75) is 20.3 Å². The summed E-state index contributed by atoms with van der Waals surface area (Å²) in [6.07, 6.45) is 0.754. The van der Waals surface area contributed by atoms with Crippen molar-refractivity contribution in [1.29, 1.82) is 0 Å². The Bertz CT molecular complexity index is 966. The lowest BCUT2D eigenvalue weighted by atomic mass is 10.1. The van der Waals surface area contributed by atoms with Gasteiger partial charge in [0, 0.05) is 11.4 Å². The molecule has 0 bridgehead atoms. The van der Waals surface area contributed by atoms with Crippen LogP contribution in [0.5, 0.6) is 0 Å². The number of para-hydroxylation sites is 2. The van der Waals surface area contributed by atoms with Gasteiger partial charge in [0.1, 0.15) is 0 Å². The highest BCUT2D eigenvalue weighted by atomic mass is 16.5. The van der Waals surface area contributed by atoms with Gasteiger partial charge in [-0.15, -0.1) is 0 Å². The molecule has 2 aromatic rings. The van der Waals surface area contributed by atoms with E-state index in [0.717, 1.165) is 17.5 Å². The number of ketones is 1. The van der Waals surface area contributed by atoms with Gasteiger partial charge in [-0.1, -0.05) is 43.3 Å². The van der Waals surface area contributed by atoms with E-state index < -0.39 is 24.3 Å². The van der Waals surface area contributed by atoms with Crippen LogP contribution >= 0.6 is 0 Å². The minimum atomic E-state index is -0.901. The average molecular weight is 394 g/mol. The smallest absolute Gasteiger partial charge is 0.347 e. The quantitative estimate of drug-likeness (QED) is 0.554. The van der Waals surface area contributed by atoms with E-state index in [9.17, 15) is 14.4 Å². The SMILES string of the molecule is CCc1cccc(C)c1NC(=O)COC(=O)C1=C(Nc2ccccc2)OCC1=O. The third-order valence-electron chi connectivity index (χ3n) is 4.43. The monoisotopic (exact) mass is 394 g/mol. The van der Waals surface area contributed by atoms with E-state index in [1.165, 1.54) is 0 Å². The van der Waals surface area contributed by atoms with Crippen LogP contribution < -0.4 is 10.6 Å². The van der Waals surface area contributed by atoms with E-state index in [1.54, 1.807) is 24.3 Å². The number of aryl methyl sites for hydroxylation is 2. The van der Waals surface area contributed by atoms with E-state index in [0.29, 0.717) is 11.4 Å². The first kappa shape index (κ1) is 20.1. The van der Waals surface area contributed by atoms with Crippen LogP contribution in [0.1, 0.15) is 18.1 Å². The molecular formula is C22H22N2O5. The molecule has 0 fully saturated rings. The van der Waals surface area contributed by atoms with Crippen molar-refractivity contribution in [3.8, 4) is 0 Å². The van der Waals surface area contributed by atoms with Gasteiger partial charge in [-0.25, -0.2) is 4.79 Å². The second-order valence-corrected chi connectivity index (χ2v) is 6.49. The Morgan fingerprint density at radius 1 is 1.10 bits per heavy atom. The van der Waals surface area contributed by atoms with Gasteiger partial charge in [-0.2, -0.15) is 0 Å². The Kier molecular flexibility index (Phi) is 6.29. The van der Waals surface area contributed by atoms with Crippen LogP contribution in [0.3, 0.4) is 0 Å². The topological polar surface area (TPSA) is 93.7 Å². The Morgan fingerprint density at radius 3 is 2.59 bits per heavy atom. The lowest BCUT2D eigenvalue weighted by Gasteiger charge is -2.13. The fourth-order valence-corrected chi connectivity index (χ4v) is 2.95. The average Bonchev–Trinajstić information content (AvgIpc) is 3.08. The number of hydrogen-bond acceptors (Lipinski definition) is 6. The number of esters is 1. The fourth-order valence-electron chi connectivity index (χ4n) is 2.95. The lowest BCUT2D eigenvalue weighted by Crippen LogP contribution is -2.24. The van der Waals surface area contributed by atoms with Crippen molar-refractivity contribution < 1.29 is 23.9 Å². The Hall–Kier alpha value is -3.61. The van der Waals surface area contributed by atoms with E-state index in [2.05, 4.69) is 10.6 Å². The standard InChI is InChI=1S/C22H22N2O5/c1-3-15-9-7-8-14(2)20(15)24-18(26)13-29-22(27)19-17(25)12-28-21(19)23-16-10-5-4-6-11-16/h4-11,23H,3,12-13H2,1-2H3,(H,24,26). The molecule has 7 heteroatoms. The minimum absolute atomic E-state index is 0.0266. The fraction of sp³-hybridized carbons (Fsp3) is 0.227. The molecule has 0 unspecified atom stereocenters. The predicted octanol–water partition coefficient (Wildman–Crippen LogP) is 2.96. The van der Waals surface area contributed by atoms with Crippen LogP contribution in [0.15, 0.2) is 60.0 Å². The number of carbonyl (C=O) groups excluding carboxylic acids is 3. The molecule has 1 aliphatic rings. The maximum atomic E-state index is 12.4. The summed E-state index contributed by atoms with van der Waals surface area (Å²) >= 11 is 0. The van der Waals surface area contributed by atoms with Crippen LogP contribution in [-0.4, -0.2) is 30.9 Å². The van der Waals surface area contributed by atoms with Crippen LogP contribution in [0.4, 0.5) is 11.4 Å². The maximum absolute atomic E-state index is 12.4. The molecule has 0 saturated carbocycles. The van der Waals surface area contributed by atoms with Crippen molar-refractivity contribution in [3.05, 3.63) is 71.1 Å². The van der Waals surface area contributed by atoms with E-state index >= 15 is 0 Å². The molecule has 0 radical (unpaired) electrons. The van der Waals surface area contributed by atoms with Gasteiger partial charge in [0.25, 0.3) is 5.91 Å². The predicted molar refractivity (Wildman–Crippen MR) is 108 cm³/mol. The first-order valence-electron chi connectivity index (χ1n) is 9.27. The Labute approximate surface area is 168 Å². The van der Waals surface area contributed by atoms with Crippen molar-refractivity contribution in [2.24, 2.45) is 0 Å². The number of hydrogen-bond donors (Lipinski definition) is 2. The molecule has 29 heavy (non-hydrogen) atoms. The zero-order valence-electron chi connectivity index (χ0n) is 16.3. The zero-order valence-corrected chi connectivity index (χ0v) is 16.3. The van der Waals surface area contributed by atoms with Crippen LogP contribution in [0.2, 0.25) is 0 Å². The zero-order chi connectivity index (χ0) is 20.8. The molecule has 1 heterocycles. The normalized spacial score (nSPS) is 13.1. The second-order valence-electron chi connectivity index (χ2n) is 6.49. The molecule has 1 amide bonds. The molecule has 3 rings (SSSR count). The molecule has 150 valence electrons. The highest BCUT2D eigenvalue weighted by Gasteiger charge is 2.32. The summed E-state index contributed by atoms with van der Waals surface area (Å²) in [5.74, 6) is -1.85. The highest BCUT2D eigenvalue weighted by molar-refractivity contribution is 6.20. The van der Waals surface area contributed by atoms with Crippen LogP contribution in [0, 0.1) is 6.92 Å². The van der Waals surface area contributed by atoms with Crippen molar-refractivity contribution >= 4 is 29.0 Å².